The lowest BCUT2D eigenvalue weighted by Gasteiger charge is -2.11. The third kappa shape index (κ3) is 2.89. The Morgan fingerprint density at radius 1 is 1.00 bits per heavy atom. The molecule has 1 heterocycles. The van der Waals surface area contributed by atoms with Crippen molar-refractivity contribution in [2.75, 3.05) is 0 Å². The molecule has 0 bridgehead atoms. The van der Waals surface area contributed by atoms with E-state index in [2.05, 4.69) is 16.3 Å². The number of nitriles is 1. The minimum absolute atomic E-state index is 0.167. The molecular formula is C21H16N4O. The van der Waals surface area contributed by atoms with Crippen molar-refractivity contribution in [2.45, 2.75) is 13.3 Å². The summed E-state index contributed by atoms with van der Waals surface area (Å²) in [4.78, 5) is 1.48. The van der Waals surface area contributed by atoms with Crippen molar-refractivity contribution in [1.29, 1.82) is 5.26 Å². The highest BCUT2D eigenvalue weighted by atomic mass is 16.3. The molecule has 4 rings (SSSR count). The number of hydrogen-bond acceptors (Lipinski definition) is 4. The van der Waals surface area contributed by atoms with Crippen LogP contribution in [0.5, 0.6) is 5.75 Å². The Morgan fingerprint density at radius 3 is 2.27 bits per heavy atom. The number of nitrogens with zero attached hydrogens (tertiary/aromatic N) is 4. The van der Waals surface area contributed by atoms with Gasteiger partial charge in [-0.3, -0.25) is 0 Å². The number of rotatable bonds is 3. The van der Waals surface area contributed by atoms with Crippen LogP contribution in [-0.2, 0) is 6.42 Å². The van der Waals surface area contributed by atoms with E-state index in [0.717, 1.165) is 27.7 Å². The van der Waals surface area contributed by atoms with Gasteiger partial charge in [-0.15, -0.1) is 15.0 Å². The van der Waals surface area contributed by atoms with Crippen molar-refractivity contribution in [3.8, 4) is 17.5 Å². The second-order valence-electron chi connectivity index (χ2n) is 6.26. The first-order valence-corrected chi connectivity index (χ1v) is 8.28. The van der Waals surface area contributed by atoms with E-state index in [9.17, 15) is 5.11 Å². The van der Waals surface area contributed by atoms with E-state index < -0.39 is 0 Å². The van der Waals surface area contributed by atoms with Crippen LogP contribution in [0.1, 0.15) is 22.3 Å². The Bertz CT molecular complexity index is 1100. The number of phenolic OH excluding ortho intramolecular Hbond substituents is 1. The minimum atomic E-state index is 0.167. The molecule has 0 spiro atoms. The molecule has 0 saturated heterocycles. The van der Waals surface area contributed by atoms with Crippen molar-refractivity contribution in [2.24, 2.45) is 0 Å². The molecule has 0 amide bonds. The maximum absolute atomic E-state index is 10.8. The monoisotopic (exact) mass is 340 g/mol. The van der Waals surface area contributed by atoms with Gasteiger partial charge < -0.3 is 5.11 Å². The van der Waals surface area contributed by atoms with E-state index in [1.165, 1.54) is 4.80 Å². The quantitative estimate of drug-likeness (QED) is 0.614. The third-order valence-electron chi connectivity index (χ3n) is 4.29. The molecule has 0 unspecified atom stereocenters. The molecule has 0 radical (unpaired) electrons. The van der Waals surface area contributed by atoms with Crippen molar-refractivity contribution in [1.82, 2.24) is 15.0 Å². The summed E-state index contributed by atoms with van der Waals surface area (Å²) in [7, 11) is 0. The van der Waals surface area contributed by atoms with E-state index in [-0.39, 0.29) is 5.75 Å². The highest BCUT2D eigenvalue weighted by Gasteiger charge is 2.14. The first kappa shape index (κ1) is 15.9. The van der Waals surface area contributed by atoms with Gasteiger partial charge in [0.15, 0.2) is 0 Å². The molecule has 126 valence electrons. The van der Waals surface area contributed by atoms with Crippen molar-refractivity contribution in [3.63, 3.8) is 0 Å². The van der Waals surface area contributed by atoms with Crippen molar-refractivity contribution in [3.05, 3.63) is 82.9 Å². The Hall–Kier alpha value is -3.65. The van der Waals surface area contributed by atoms with Crippen LogP contribution in [0.2, 0.25) is 0 Å². The van der Waals surface area contributed by atoms with Gasteiger partial charge in [0.25, 0.3) is 0 Å². The van der Waals surface area contributed by atoms with Gasteiger partial charge in [0.05, 0.1) is 11.6 Å². The molecule has 3 aromatic carbocycles. The minimum Gasteiger partial charge on any atom is -0.505 e. The zero-order valence-corrected chi connectivity index (χ0v) is 14.2. The van der Waals surface area contributed by atoms with Crippen LogP contribution in [0.3, 0.4) is 0 Å². The Labute approximate surface area is 150 Å². The smallest absolute Gasteiger partial charge is 0.146 e. The normalized spacial score (nSPS) is 10.8. The Morgan fingerprint density at radius 2 is 1.65 bits per heavy atom. The zero-order chi connectivity index (χ0) is 18.1. The summed E-state index contributed by atoms with van der Waals surface area (Å²) in [6, 6.07) is 20.9. The van der Waals surface area contributed by atoms with Gasteiger partial charge in [-0.25, -0.2) is 0 Å². The predicted octanol–water partition coefficient (Wildman–Crippen LogP) is 3.90. The summed E-state index contributed by atoms with van der Waals surface area (Å²) in [5.74, 6) is 0.167. The Kier molecular flexibility index (Phi) is 3.86. The van der Waals surface area contributed by atoms with E-state index in [1.807, 2.05) is 55.5 Å². The maximum atomic E-state index is 10.8. The van der Waals surface area contributed by atoms with Crippen molar-refractivity contribution < 1.29 is 5.11 Å². The number of phenols is 1. The van der Waals surface area contributed by atoms with Crippen LogP contribution in [0.25, 0.3) is 16.7 Å². The fraction of sp³-hybridized carbons (Fsp3) is 0.0952. The lowest BCUT2D eigenvalue weighted by atomic mass is 10.0. The third-order valence-corrected chi connectivity index (χ3v) is 4.29. The molecule has 26 heavy (non-hydrogen) atoms. The average molecular weight is 340 g/mol. The molecule has 1 aromatic heterocycles. The lowest BCUT2D eigenvalue weighted by molar-refractivity contribution is 0.462. The number of hydrogen-bond donors (Lipinski definition) is 1. The second-order valence-corrected chi connectivity index (χ2v) is 6.26. The van der Waals surface area contributed by atoms with Gasteiger partial charge in [0.2, 0.25) is 0 Å². The van der Waals surface area contributed by atoms with Crippen LogP contribution in [0.15, 0.2) is 60.7 Å². The van der Waals surface area contributed by atoms with E-state index in [0.29, 0.717) is 17.7 Å². The molecule has 4 aromatic rings. The van der Waals surface area contributed by atoms with Gasteiger partial charge in [0, 0.05) is 12.0 Å². The van der Waals surface area contributed by atoms with Crippen LogP contribution < -0.4 is 0 Å². The number of benzene rings is 3. The maximum Gasteiger partial charge on any atom is 0.146 e. The molecule has 0 atom stereocenters. The molecule has 5 heteroatoms. The van der Waals surface area contributed by atoms with Gasteiger partial charge in [-0.2, -0.15) is 5.26 Å². The predicted molar refractivity (Wildman–Crippen MR) is 99.2 cm³/mol. The highest BCUT2D eigenvalue weighted by Crippen LogP contribution is 2.29. The van der Waals surface area contributed by atoms with Crippen LogP contribution in [-0.4, -0.2) is 20.1 Å². The zero-order valence-electron chi connectivity index (χ0n) is 14.2. The summed E-state index contributed by atoms with van der Waals surface area (Å²) >= 11 is 0. The summed E-state index contributed by atoms with van der Waals surface area (Å²) in [5, 5.41) is 28.6. The van der Waals surface area contributed by atoms with Crippen LogP contribution in [0, 0.1) is 18.3 Å². The molecule has 0 aliphatic heterocycles. The molecule has 1 N–H and O–H groups in total. The van der Waals surface area contributed by atoms with Gasteiger partial charge >= 0.3 is 0 Å². The Balaban J connectivity index is 1.76. The van der Waals surface area contributed by atoms with Gasteiger partial charge in [-0.05, 0) is 48.4 Å². The topological polar surface area (TPSA) is 74.7 Å². The fourth-order valence-electron chi connectivity index (χ4n) is 3.01. The van der Waals surface area contributed by atoms with E-state index >= 15 is 0 Å². The first-order valence-electron chi connectivity index (χ1n) is 8.28. The summed E-state index contributed by atoms with van der Waals surface area (Å²) in [5.41, 5.74) is 5.58. The highest BCUT2D eigenvalue weighted by molar-refractivity contribution is 5.73. The molecule has 0 fully saturated rings. The number of aryl methyl sites for hydroxylation is 1. The van der Waals surface area contributed by atoms with Crippen molar-refractivity contribution >= 4 is 11.0 Å². The van der Waals surface area contributed by atoms with E-state index in [4.69, 9.17) is 5.26 Å². The fourth-order valence-corrected chi connectivity index (χ4v) is 3.01. The number of aromatic nitrogens is 3. The molecular weight excluding hydrogens is 324 g/mol. The summed E-state index contributed by atoms with van der Waals surface area (Å²) in [6.45, 7) is 1.98. The lowest BCUT2D eigenvalue weighted by Crippen LogP contribution is -2.02. The van der Waals surface area contributed by atoms with Crippen LogP contribution in [0.4, 0.5) is 0 Å². The second kappa shape index (κ2) is 6.34. The molecule has 5 nitrogen and oxygen atoms in total. The summed E-state index contributed by atoms with van der Waals surface area (Å²) in [6.07, 6.45) is 0.563. The standard InChI is InChI=1S/C21H16N4O/c1-14-10-17(12-15-6-8-16(13-22)9-7-15)21(26)20(11-14)25-23-18-4-2-3-5-19(18)24-25/h2-11,26H,12H2,1H3. The first-order chi connectivity index (χ1) is 12.6. The average Bonchev–Trinajstić information content (AvgIpc) is 3.09. The van der Waals surface area contributed by atoms with Gasteiger partial charge in [0.1, 0.15) is 22.5 Å². The molecule has 0 aliphatic carbocycles. The molecule has 0 aliphatic rings. The number of fused-ring (bicyclic) bond motifs is 1. The molecule has 0 saturated carbocycles. The van der Waals surface area contributed by atoms with Gasteiger partial charge in [-0.1, -0.05) is 30.3 Å². The van der Waals surface area contributed by atoms with E-state index in [1.54, 1.807) is 12.1 Å². The largest absolute Gasteiger partial charge is 0.505 e. The van der Waals surface area contributed by atoms with Crippen LogP contribution >= 0.6 is 0 Å². The summed E-state index contributed by atoms with van der Waals surface area (Å²) < 4.78 is 0. The number of aromatic hydroxyl groups is 1. The SMILES string of the molecule is Cc1cc(Cc2ccc(C#N)cc2)c(O)c(-n2nc3ccccc3n2)c1.